The van der Waals surface area contributed by atoms with Crippen LogP contribution < -0.4 is 0 Å². The van der Waals surface area contributed by atoms with Crippen LogP contribution in [0, 0.1) is 46.3 Å². The molecule has 31 heavy (non-hydrogen) atoms. The van der Waals surface area contributed by atoms with E-state index in [1.54, 1.807) is 6.42 Å². The summed E-state index contributed by atoms with van der Waals surface area (Å²) in [5.41, 5.74) is 3.10. The number of rotatable bonds is 5. The molecule has 0 aromatic carbocycles. The van der Waals surface area contributed by atoms with Gasteiger partial charge in [-0.25, -0.2) is 0 Å². The molecule has 0 aromatic heterocycles. The third-order valence-electron chi connectivity index (χ3n) is 10.1. The second-order valence-electron chi connectivity index (χ2n) is 12.1. The number of hydrogen-bond acceptors (Lipinski definition) is 0. The first-order valence-electron chi connectivity index (χ1n) is 14.5. The van der Waals surface area contributed by atoms with E-state index in [0.29, 0.717) is 10.8 Å². The van der Waals surface area contributed by atoms with E-state index in [1.165, 1.54) is 70.6 Å². The normalized spacial score (nSPS) is 41.0. The van der Waals surface area contributed by atoms with Crippen molar-refractivity contribution in [3.05, 3.63) is 11.6 Å². The second-order valence-corrected chi connectivity index (χ2v) is 12.1. The lowest BCUT2D eigenvalue weighted by atomic mass is 9.47. The van der Waals surface area contributed by atoms with Crippen molar-refractivity contribution in [2.45, 2.75) is 139 Å². The van der Waals surface area contributed by atoms with Crippen LogP contribution in [-0.4, -0.2) is 0 Å². The SMILES string of the molecule is CC.CC.CC(C)CCCCC1CCC2C3CC=C4CC(C)CCC4(C)C3CCC12C. The molecule has 0 heterocycles. The summed E-state index contributed by atoms with van der Waals surface area (Å²) in [6.07, 6.45) is 20.6. The second kappa shape index (κ2) is 11.7. The highest BCUT2D eigenvalue weighted by Crippen LogP contribution is 2.67. The Morgan fingerprint density at radius 3 is 2.29 bits per heavy atom. The van der Waals surface area contributed by atoms with Crippen molar-refractivity contribution < 1.29 is 0 Å². The molecule has 4 aliphatic rings. The van der Waals surface area contributed by atoms with E-state index in [0.717, 1.165) is 35.5 Å². The first kappa shape index (κ1) is 27.0. The number of fused-ring (bicyclic) bond motifs is 5. The first-order valence-corrected chi connectivity index (χ1v) is 14.5. The van der Waals surface area contributed by atoms with Crippen LogP contribution in [0.25, 0.3) is 0 Å². The summed E-state index contributed by atoms with van der Waals surface area (Å²) in [6, 6.07) is 0. The van der Waals surface area contributed by atoms with E-state index in [9.17, 15) is 0 Å². The van der Waals surface area contributed by atoms with Crippen molar-refractivity contribution >= 4 is 0 Å². The summed E-state index contributed by atoms with van der Waals surface area (Å²) in [4.78, 5) is 0. The average molecular weight is 431 g/mol. The van der Waals surface area contributed by atoms with Crippen molar-refractivity contribution in [2.75, 3.05) is 0 Å². The van der Waals surface area contributed by atoms with Crippen LogP contribution in [0.2, 0.25) is 0 Å². The van der Waals surface area contributed by atoms with Crippen LogP contribution >= 0.6 is 0 Å². The van der Waals surface area contributed by atoms with E-state index in [2.05, 4.69) is 40.7 Å². The van der Waals surface area contributed by atoms with E-state index >= 15 is 0 Å². The zero-order valence-corrected chi connectivity index (χ0v) is 23.0. The Balaban J connectivity index is 0.000000807. The highest BCUT2D eigenvalue weighted by Gasteiger charge is 2.58. The third-order valence-corrected chi connectivity index (χ3v) is 10.1. The highest BCUT2D eigenvalue weighted by atomic mass is 14.6. The molecule has 0 bridgehead atoms. The van der Waals surface area contributed by atoms with Crippen molar-refractivity contribution in [3.63, 3.8) is 0 Å². The summed E-state index contributed by atoms with van der Waals surface area (Å²) >= 11 is 0. The molecule has 0 N–H and O–H groups in total. The molecular weight excluding hydrogens is 372 g/mol. The monoisotopic (exact) mass is 430 g/mol. The van der Waals surface area contributed by atoms with Crippen molar-refractivity contribution in [1.82, 2.24) is 0 Å². The number of unbranched alkanes of at least 4 members (excludes halogenated alkanes) is 1. The van der Waals surface area contributed by atoms with Gasteiger partial charge in [0.05, 0.1) is 0 Å². The maximum atomic E-state index is 2.75. The van der Waals surface area contributed by atoms with Crippen LogP contribution in [0.3, 0.4) is 0 Å². The van der Waals surface area contributed by atoms with E-state index in [1.807, 2.05) is 33.3 Å². The Labute approximate surface area is 197 Å². The van der Waals surface area contributed by atoms with Gasteiger partial charge in [-0.2, -0.15) is 0 Å². The molecule has 182 valence electrons. The van der Waals surface area contributed by atoms with Gasteiger partial charge in [0, 0.05) is 0 Å². The fraction of sp³-hybridized carbons (Fsp3) is 0.935. The van der Waals surface area contributed by atoms with Gasteiger partial charge in [0.15, 0.2) is 0 Å². The van der Waals surface area contributed by atoms with E-state index in [4.69, 9.17) is 0 Å². The van der Waals surface area contributed by atoms with Gasteiger partial charge in [-0.3, -0.25) is 0 Å². The Morgan fingerprint density at radius 2 is 1.61 bits per heavy atom. The van der Waals surface area contributed by atoms with E-state index in [-0.39, 0.29) is 0 Å². The van der Waals surface area contributed by atoms with Crippen LogP contribution in [-0.2, 0) is 0 Å². The Morgan fingerprint density at radius 1 is 0.903 bits per heavy atom. The first-order chi connectivity index (χ1) is 14.8. The minimum atomic E-state index is 0.562. The summed E-state index contributed by atoms with van der Waals surface area (Å²) < 4.78 is 0. The summed E-state index contributed by atoms with van der Waals surface area (Å²) in [6.45, 7) is 20.6. The van der Waals surface area contributed by atoms with Gasteiger partial charge in [-0.05, 0) is 104 Å². The summed E-state index contributed by atoms with van der Waals surface area (Å²) in [5.74, 6) is 5.88. The summed E-state index contributed by atoms with van der Waals surface area (Å²) in [5, 5.41) is 0. The molecular formula is C31H58. The van der Waals surface area contributed by atoms with Crippen molar-refractivity contribution in [1.29, 1.82) is 0 Å². The minimum Gasteiger partial charge on any atom is -0.0845 e. The average Bonchev–Trinajstić information content (AvgIpc) is 3.11. The molecule has 0 aromatic rings. The quantitative estimate of drug-likeness (QED) is 0.300. The van der Waals surface area contributed by atoms with Crippen molar-refractivity contribution in [3.8, 4) is 0 Å². The maximum Gasteiger partial charge on any atom is -0.00851 e. The Kier molecular flexibility index (Phi) is 10.2. The lowest BCUT2D eigenvalue weighted by Crippen LogP contribution is -2.49. The lowest BCUT2D eigenvalue weighted by molar-refractivity contribution is -0.0450. The molecule has 7 atom stereocenters. The van der Waals surface area contributed by atoms with Gasteiger partial charge >= 0.3 is 0 Å². The zero-order valence-electron chi connectivity index (χ0n) is 23.0. The van der Waals surface area contributed by atoms with Gasteiger partial charge in [-0.1, -0.05) is 93.2 Å². The predicted molar refractivity (Wildman–Crippen MR) is 140 cm³/mol. The van der Waals surface area contributed by atoms with Crippen molar-refractivity contribution in [2.24, 2.45) is 46.3 Å². The zero-order chi connectivity index (χ0) is 23.2. The van der Waals surface area contributed by atoms with Gasteiger partial charge < -0.3 is 0 Å². The van der Waals surface area contributed by atoms with Crippen LogP contribution in [0.5, 0.6) is 0 Å². The number of allylic oxidation sites excluding steroid dienone is 2. The van der Waals surface area contributed by atoms with E-state index < -0.39 is 0 Å². The van der Waals surface area contributed by atoms with Crippen LogP contribution in [0.15, 0.2) is 11.6 Å². The maximum absolute atomic E-state index is 2.75. The fourth-order valence-corrected chi connectivity index (χ4v) is 8.37. The molecule has 3 saturated carbocycles. The number of hydrogen-bond donors (Lipinski definition) is 0. The molecule has 0 amide bonds. The molecule has 0 nitrogen and oxygen atoms in total. The smallest absolute Gasteiger partial charge is 0.00851 e. The lowest BCUT2D eigenvalue weighted by Gasteiger charge is -2.58. The van der Waals surface area contributed by atoms with Gasteiger partial charge in [0.1, 0.15) is 0 Å². The largest absolute Gasteiger partial charge is 0.0845 e. The molecule has 0 saturated heterocycles. The molecule has 4 aliphatic carbocycles. The molecule has 0 heteroatoms. The third kappa shape index (κ3) is 5.46. The van der Waals surface area contributed by atoms with Gasteiger partial charge in [-0.15, -0.1) is 0 Å². The molecule has 3 fully saturated rings. The fourth-order valence-electron chi connectivity index (χ4n) is 8.37. The van der Waals surface area contributed by atoms with Crippen LogP contribution in [0.4, 0.5) is 0 Å². The molecule has 7 unspecified atom stereocenters. The highest BCUT2D eigenvalue weighted by molar-refractivity contribution is 5.24. The Bertz CT molecular complexity index is 556. The molecule has 0 radical (unpaired) electrons. The van der Waals surface area contributed by atoms with Gasteiger partial charge in [0.2, 0.25) is 0 Å². The summed E-state index contributed by atoms with van der Waals surface area (Å²) in [7, 11) is 0. The molecule has 4 rings (SSSR count). The topological polar surface area (TPSA) is 0 Å². The van der Waals surface area contributed by atoms with Gasteiger partial charge in [0.25, 0.3) is 0 Å². The minimum absolute atomic E-state index is 0.562. The molecule has 0 spiro atoms. The standard InChI is InChI=1S/C27H46.2C2H6/c1-19(2)8-6-7-9-21-11-13-24-23-12-10-22-18-20(3)14-16-27(22,5)25(23)15-17-26(21,24)4;2*1-2/h10,19-21,23-25H,6-9,11-18H2,1-5H3;2*1-2H3. The Hall–Kier alpha value is -0.260. The molecule has 0 aliphatic heterocycles. The van der Waals surface area contributed by atoms with Crippen LogP contribution in [0.1, 0.15) is 139 Å². The predicted octanol–water partition coefficient (Wildman–Crippen LogP) is 10.5.